The fraction of sp³-hybridized carbons (Fsp3) is 0.923. The second kappa shape index (κ2) is 6.12. The van der Waals surface area contributed by atoms with E-state index in [0.29, 0.717) is 0 Å². The molecule has 0 unspecified atom stereocenters. The first-order valence-corrected chi connectivity index (χ1v) is 6.82. The van der Waals surface area contributed by atoms with Crippen LogP contribution in [0.25, 0.3) is 0 Å². The molecular weight excluding hydrogens is 200 g/mol. The normalized spacial score (nSPS) is 22.4. The number of hydrogen-bond acceptors (Lipinski definition) is 1. The van der Waals surface area contributed by atoms with Crippen LogP contribution in [0.4, 0.5) is 4.79 Å². The van der Waals surface area contributed by atoms with E-state index in [9.17, 15) is 4.79 Å². The molecule has 2 amide bonds. The summed E-state index contributed by atoms with van der Waals surface area (Å²) in [5.41, 5.74) is 0. The van der Waals surface area contributed by atoms with E-state index >= 15 is 0 Å². The van der Waals surface area contributed by atoms with E-state index in [-0.39, 0.29) is 6.03 Å². The van der Waals surface area contributed by atoms with Gasteiger partial charge >= 0.3 is 6.03 Å². The zero-order chi connectivity index (χ0) is 11.2. The molecule has 0 atom stereocenters. The second-order valence-corrected chi connectivity index (χ2v) is 5.15. The molecule has 2 rings (SSSR count). The van der Waals surface area contributed by atoms with Crippen LogP contribution in [0.15, 0.2) is 0 Å². The van der Waals surface area contributed by atoms with Gasteiger partial charge in [0.05, 0.1) is 0 Å². The molecule has 1 radical (unpaired) electrons. The maximum atomic E-state index is 11.8. The minimum atomic E-state index is 0.0428. The van der Waals surface area contributed by atoms with E-state index in [1.165, 1.54) is 32.1 Å². The fourth-order valence-corrected chi connectivity index (χ4v) is 2.49. The van der Waals surface area contributed by atoms with Crippen LogP contribution >= 0.6 is 0 Å². The molecule has 0 spiro atoms. The molecule has 1 heterocycles. The topological polar surface area (TPSA) is 34.4 Å². The van der Waals surface area contributed by atoms with Gasteiger partial charge in [-0.15, -0.1) is 0 Å². The molecule has 0 aromatic carbocycles. The minimum absolute atomic E-state index is 0.0428. The number of likely N-dealkylation sites (tertiary alicyclic amines) is 1. The van der Waals surface area contributed by atoms with Gasteiger partial charge < -0.3 is 4.90 Å². The Morgan fingerprint density at radius 1 is 1.06 bits per heavy atom. The monoisotopic (exact) mass is 223 g/mol. The summed E-state index contributed by atoms with van der Waals surface area (Å²) in [5, 5.41) is 4.20. The molecule has 0 aromatic rings. The number of carbonyl (C=O) groups is 1. The average Bonchev–Trinajstić information content (AvgIpc) is 2.49. The van der Waals surface area contributed by atoms with Crippen molar-refractivity contribution in [2.45, 2.75) is 51.4 Å². The van der Waals surface area contributed by atoms with Crippen LogP contribution in [0.3, 0.4) is 0 Å². The van der Waals surface area contributed by atoms with Gasteiger partial charge in [-0.05, 0) is 25.2 Å². The fourth-order valence-electron chi connectivity index (χ4n) is 2.49. The van der Waals surface area contributed by atoms with Crippen LogP contribution in [0, 0.1) is 5.92 Å². The lowest BCUT2D eigenvalue weighted by Crippen LogP contribution is -2.37. The van der Waals surface area contributed by atoms with Crippen molar-refractivity contribution < 1.29 is 4.79 Å². The van der Waals surface area contributed by atoms with Crippen molar-refractivity contribution in [2.24, 2.45) is 5.92 Å². The van der Waals surface area contributed by atoms with E-state index in [1.54, 1.807) is 0 Å². The summed E-state index contributed by atoms with van der Waals surface area (Å²) in [6.45, 7) is 2.59. The van der Waals surface area contributed by atoms with E-state index in [4.69, 9.17) is 0 Å². The molecule has 16 heavy (non-hydrogen) atoms. The van der Waals surface area contributed by atoms with Crippen molar-refractivity contribution in [2.75, 3.05) is 19.6 Å². The molecule has 1 aliphatic carbocycles. The highest BCUT2D eigenvalue weighted by atomic mass is 16.2. The molecule has 0 N–H and O–H groups in total. The zero-order valence-electron chi connectivity index (χ0n) is 10.2. The molecule has 2 fully saturated rings. The Morgan fingerprint density at radius 2 is 1.75 bits per heavy atom. The lowest BCUT2D eigenvalue weighted by Gasteiger charge is -2.25. The Balaban J connectivity index is 1.61. The second-order valence-electron chi connectivity index (χ2n) is 5.15. The largest absolute Gasteiger partial charge is 0.338 e. The Morgan fingerprint density at radius 3 is 2.31 bits per heavy atom. The quantitative estimate of drug-likeness (QED) is 0.724. The van der Waals surface area contributed by atoms with Crippen molar-refractivity contribution in [3.8, 4) is 0 Å². The first-order valence-electron chi connectivity index (χ1n) is 6.82. The number of rotatable bonds is 3. The summed E-state index contributed by atoms with van der Waals surface area (Å²) in [7, 11) is 0. The summed E-state index contributed by atoms with van der Waals surface area (Å²) in [4.78, 5) is 13.7. The zero-order valence-corrected chi connectivity index (χ0v) is 10.2. The van der Waals surface area contributed by atoms with Crippen LogP contribution in [0.5, 0.6) is 0 Å². The Hall–Kier alpha value is -0.730. The lowest BCUT2D eigenvalue weighted by molar-refractivity contribution is 0.196. The van der Waals surface area contributed by atoms with Crippen molar-refractivity contribution in [1.82, 2.24) is 10.2 Å². The molecule has 3 heteroatoms. The third-order valence-corrected chi connectivity index (χ3v) is 3.89. The first kappa shape index (κ1) is 11.7. The SMILES string of the molecule is O=C([N]CCC1CCC1)N1CCCCCC1. The molecule has 91 valence electrons. The molecule has 1 saturated heterocycles. The Kier molecular flexibility index (Phi) is 4.49. The van der Waals surface area contributed by atoms with Gasteiger partial charge in [-0.1, -0.05) is 32.1 Å². The maximum Gasteiger partial charge on any atom is 0.338 e. The molecule has 0 aromatic heterocycles. The Labute approximate surface area is 98.6 Å². The number of nitrogens with zero attached hydrogens (tertiary/aromatic N) is 2. The van der Waals surface area contributed by atoms with E-state index in [0.717, 1.165) is 44.8 Å². The molecule has 3 nitrogen and oxygen atoms in total. The lowest BCUT2D eigenvalue weighted by atomic mass is 9.83. The predicted octanol–water partition coefficient (Wildman–Crippen LogP) is 2.78. The average molecular weight is 223 g/mol. The third kappa shape index (κ3) is 3.39. The third-order valence-electron chi connectivity index (χ3n) is 3.89. The van der Waals surface area contributed by atoms with E-state index in [2.05, 4.69) is 5.32 Å². The van der Waals surface area contributed by atoms with Gasteiger partial charge in [0, 0.05) is 19.6 Å². The highest BCUT2D eigenvalue weighted by Crippen LogP contribution is 2.28. The summed E-state index contributed by atoms with van der Waals surface area (Å²) in [5.74, 6) is 0.862. The van der Waals surface area contributed by atoms with Crippen LogP contribution < -0.4 is 5.32 Å². The molecule has 0 bridgehead atoms. The van der Waals surface area contributed by atoms with Crippen molar-refractivity contribution in [3.63, 3.8) is 0 Å². The maximum absolute atomic E-state index is 11.8. The molecule has 2 aliphatic rings. The van der Waals surface area contributed by atoms with Crippen LogP contribution in [-0.4, -0.2) is 30.6 Å². The van der Waals surface area contributed by atoms with Gasteiger partial charge in [-0.25, -0.2) is 10.1 Å². The molecular formula is C13H23N2O. The highest BCUT2D eigenvalue weighted by molar-refractivity contribution is 5.73. The molecule has 1 saturated carbocycles. The van der Waals surface area contributed by atoms with E-state index < -0.39 is 0 Å². The van der Waals surface area contributed by atoms with E-state index in [1.807, 2.05) is 4.90 Å². The highest BCUT2D eigenvalue weighted by Gasteiger charge is 2.19. The van der Waals surface area contributed by atoms with Crippen molar-refractivity contribution in [3.05, 3.63) is 0 Å². The number of carbonyl (C=O) groups excluding carboxylic acids is 1. The number of hydrogen-bond donors (Lipinski definition) is 0. The van der Waals surface area contributed by atoms with Gasteiger partial charge in [0.2, 0.25) is 0 Å². The smallest absolute Gasteiger partial charge is 0.323 e. The van der Waals surface area contributed by atoms with Crippen molar-refractivity contribution >= 4 is 6.03 Å². The Bertz CT molecular complexity index is 218. The summed E-state index contributed by atoms with van der Waals surface area (Å²) in [6, 6.07) is 0.0428. The van der Waals surface area contributed by atoms with Gasteiger partial charge in [0.15, 0.2) is 0 Å². The summed E-state index contributed by atoms with van der Waals surface area (Å²) in [6.07, 6.45) is 10.1. The minimum Gasteiger partial charge on any atom is -0.323 e. The predicted molar refractivity (Wildman–Crippen MR) is 64.4 cm³/mol. The van der Waals surface area contributed by atoms with Crippen LogP contribution in [-0.2, 0) is 0 Å². The van der Waals surface area contributed by atoms with Gasteiger partial charge in [-0.2, -0.15) is 0 Å². The summed E-state index contributed by atoms with van der Waals surface area (Å²) >= 11 is 0. The van der Waals surface area contributed by atoms with Crippen LogP contribution in [0.2, 0.25) is 0 Å². The first-order chi connectivity index (χ1) is 7.86. The van der Waals surface area contributed by atoms with Crippen molar-refractivity contribution in [1.29, 1.82) is 0 Å². The summed E-state index contributed by atoms with van der Waals surface area (Å²) < 4.78 is 0. The molecule has 1 aliphatic heterocycles. The van der Waals surface area contributed by atoms with Crippen LogP contribution in [0.1, 0.15) is 51.4 Å². The van der Waals surface area contributed by atoms with Gasteiger partial charge in [-0.3, -0.25) is 0 Å². The van der Waals surface area contributed by atoms with Gasteiger partial charge in [0.1, 0.15) is 0 Å². The number of urea groups is 1. The van der Waals surface area contributed by atoms with Gasteiger partial charge in [0.25, 0.3) is 0 Å². The standard InChI is InChI=1S/C13H23N2O/c16-13(14-9-8-12-6-5-7-12)15-10-3-1-2-4-11-15/h12H,1-11H2. The number of amides is 2.